The first kappa shape index (κ1) is 15.0. The van der Waals surface area contributed by atoms with Gasteiger partial charge in [-0.15, -0.1) is 0 Å². The van der Waals surface area contributed by atoms with Gasteiger partial charge in [-0.05, 0) is 43.6 Å². The lowest BCUT2D eigenvalue weighted by Crippen LogP contribution is -2.26. The maximum Gasteiger partial charge on any atom is 0.138 e. The predicted octanol–water partition coefficient (Wildman–Crippen LogP) is 2.90. The van der Waals surface area contributed by atoms with E-state index < -0.39 is 0 Å². The normalized spacial score (nSPS) is 16.9. The van der Waals surface area contributed by atoms with Crippen LogP contribution in [0.1, 0.15) is 43.2 Å². The van der Waals surface area contributed by atoms with E-state index >= 15 is 0 Å². The molecule has 1 aromatic rings. The molecule has 20 heavy (non-hydrogen) atoms. The Balaban J connectivity index is 2.04. The van der Waals surface area contributed by atoms with Crippen molar-refractivity contribution in [3.63, 3.8) is 0 Å². The fourth-order valence-corrected chi connectivity index (χ4v) is 2.64. The molecule has 1 saturated heterocycles. The van der Waals surface area contributed by atoms with E-state index in [9.17, 15) is 4.39 Å². The maximum atomic E-state index is 13.6. The first-order valence-electron chi connectivity index (χ1n) is 7.49. The quantitative estimate of drug-likeness (QED) is 0.840. The fourth-order valence-electron chi connectivity index (χ4n) is 2.64. The monoisotopic (exact) mass is 274 g/mol. The number of nitrogens with zero attached hydrogens (tertiary/aromatic N) is 1. The Kier molecular flexibility index (Phi) is 6.04. The van der Waals surface area contributed by atoms with Crippen molar-refractivity contribution in [1.29, 1.82) is 0 Å². The predicted molar refractivity (Wildman–Crippen MR) is 80.7 cm³/mol. The summed E-state index contributed by atoms with van der Waals surface area (Å²) < 4.78 is 13.6. The Labute approximate surface area is 121 Å². The van der Waals surface area contributed by atoms with Crippen molar-refractivity contribution in [2.45, 2.75) is 38.6 Å². The Morgan fingerprint density at radius 3 is 2.50 bits per heavy atom. The van der Waals surface area contributed by atoms with Crippen molar-refractivity contribution in [3.8, 4) is 11.8 Å². The SMILES string of the molecule is NCC#Cc1cc(CN2CCCCCCC2)ccc1F. The highest BCUT2D eigenvalue weighted by molar-refractivity contribution is 5.38. The van der Waals surface area contributed by atoms with Crippen molar-refractivity contribution < 1.29 is 4.39 Å². The molecule has 0 unspecified atom stereocenters. The molecular formula is C17H23FN2. The van der Waals surface area contributed by atoms with Crippen LogP contribution in [0.5, 0.6) is 0 Å². The standard InChI is InChI=1S/C17H23FN2/c18-17-9-8-15(13-16(17)7-6-10-19)14-20-11-4-2-1-3-5-12-20/h8-9,13H,1-5,10-12,14,19H2. The van der Waals surface area contributed by atoms with Gasteiger partial charge in [-0.2, -0.15) is 0 Å². The van der Waals surface area contributed by atoms with E-state index in [1.54, 1.807) is 0 Å². The molecule has 0 spiro atoms. The lowest BCUT2D eigenvalue weighted by molar-refractivity contribution is 0.239. The van der Waals surface area contributed by atoms with Gasteiger partial charge in [0.25, 0.3) is 0 Å². The molecule has 1 heterocycles. The van der Waals surface area contributed by atoms with Crippen LogP contribution in [0.2, 0.25) is 0 Å². The molecule has 108 valence electrons. The summed E-state index contributed by atoms with van der Waals surface area (Å²) in [7, 11) is 0. The number of halogens is 1. The van der Waals surface area contributed by atoms with Crippen LogP contribution in [0.4, 0.5) is 4.39 Å². The number of rotatable bonds is 2. The summed E-state index contributed by atoms with van der Waals surface area (Å²) in [6, 6.07) is 5.23. The minimum atomic E-state index is -0.262. The van der Waals surface area contributed by atoms with Crippen LogP contribution >= 0.6 is 0 Å². The summed E-state index contributed by atoms with van der Waals surface area (Å²) in [5.74, 6) is 5.26. The van der Waals surface area contributed by atoms with Crippen LogP contribution < -0.4 is 5.73 Å². The van der Waals surface area contributed by atoms with E-state index in [-0.39, 0.29) is 12.4 Å². The average Bonchev–Trinajstić information content (AvgIpc) is 2.42. The van der Waals surface area contributed by atoms with Crippen LogP contribution in [-0.4, -0.2) is 24.5 Å². The Hall–Kier alpha value is -1.37. The van der Waals surface area contributed by atoms with Crippen molar-refractivity contribution >= 4 is 0 Å². The zero-order valence-electron chi connectivity index (χ0n) is 12.0. The van der Waals surface area contributed by atoms with Gasteiger partial charge in [-0.1, -0.05) is 37.2 Å². The van der Waals surface area contributed by atoms with Crippen LogP contribution in [0.3, 0.4) is 0 Å². The molecule has 2 rings (SSSR count). The van der Waals surface area contributed by atoms with Crippen molar-refractivity contribution in [1.82, 2.24) is 4.90 Å². The van der Waals surface area contributed by atoms with E-state index in [0.29, 0.717) is 5.56 Å². The summed E-state index contributed by atoms with van der Waals surface area (Å²) in [6.45, 7) is 3.43. The van der Waals surface area contributed by atoms with E-state index in [1.165, 1.54) is 38.2 Å². The third kappa shape index (κ3) is 4.63. The molecule has 0 bridgehead atoms. The van der Waals surface area contributed by atoms with Gasteiger partial charge in [0.2, 0.25) is 0 Å². The first-order valence-corrected chi connectivity index (χ1v) is 7.49. The Morgan fingerprint density at radius 1 is 1.10 bits per heavy atom. The Morgan fingerprint density at radius 2 is 1.80 bits per heavy atom. The topological polar surface area (TPSA) is 29.3 Å². The number of nitrogens with two attached hydrogens (primary N) is 1. The van der Waals surface area contributed by atoms with E-state index in [4.69, 9.17) is 5.73 Å². The van der Waals surface area contributed by atoms with E-state index in [2.05, 4.69) is 16.7 Å². The molecule has 0 aromatic heterocycles. The van der Waals surface area contributed by atoms with Gasteiger partial charge in [-0.3, -0.25) is 4.90 Å². The van der Waals surface area contributed by atoms with Gasteiger partial charge >= 0.3 is 0 Å². The number of likely N-dealkylation sites (tertiary alicyclic amines) is 1. The second kappa shape index (κ2) is 8.04. The summed E-state index contributed by atoms with van der Waals surface area (Å²) >= 11 is 0. The van der Waals surface area contributed by atoms with Gasteiger partial charge in [0, 0.05) is 6.54 Å². The van der Waals surface area contributed by atoms with Crippen molar-refractivity contribution in [3.05, 3.63) is 35.1 Å². The molecule has 3 heteroatoms. The number of benzene rings is 1. The highest BCUT2D eigenvalue weighted by Gasteiger charge is 2.09. The molecule has 2 N–H and O–H groups in total. The van der Waals surface area contributed by atoms with Gasteiger partial charge in [-0.25, -0.2) is 4.39 Å². The van der Waals surface area contributed by atoms with Gasteiger partial charge in [0.05, 0.1) is 12.1 Å². The van der Waals surface area contributed by atoms with Crippen LogP contribution in [0.15, 0.2) is 18.2 Å². The molecule has 1 aliphatic rings. The third-order valence-electron chi connectivity index (χ3n) is 3.71. The van der Waals surface area contributed by atoms with E-state index in [0.717, 1.165) is 25.2 Å². The molecule has 0 atom stereocenters. The highest BCUT2D eigenvalue weighted by atomic mass is 19.1. The van der Waals surface area contributed by atoms with Crippen molar-refractivity contribution in [2.75, 3.05) is 19.6 Å². The Bertz CT molecular complexity index is 479. The minimum absolute atomic E-state index is 0.260. The van der Waals surface area contributed by atoms with Gasteiger partial charge in [0.1, 0.15) is 5.82 Å². The summed E-state index contributed by atoms with van der Waals surface area (Å²) in [6.07, 6.45) is 6.55. The largest absolute Gasteiger partial charge is 0.320 e. The zero-order valence-corrected chi connectivity index (χ0v) is 12.0. The van der Waals surface area contributed by atoms with Gasteiger partial charge in [0.15, 0.2) is 0 Å². The number of hydrogen-bond donors (Lipinski definition) is 1. The number of hydrogen-bond acceptors (Lipinski definition) is 2. The van der Waals surface area contributed by atoms with Crippen LogP contribution in [-0.2, 0) is 6.54 Å². The lowest BCUT2D eigenvalue weighted by atomic mass is 10.1. The molecule has 0 radical (unpaired) electrons. The summed E-state index contributed by atoms with van der Waals surface area (Å²) in [4.78, 5) is 2.46. The molecule has 1 aromatic carbocycles. The molecular weight excluding hydrogens is 251 g/mol. The zero-order chi connectivity index (χ0) is 14.2. The van der Waals surface area contributed by atoms with Gasteiger partial charge < -0.3 is 5.73 Å². The molecule has 0 saturated carbocycles. The minimum Gasteiger partial charge on any atom is -0.320 e. The van der Waals surface area contributed by atoms with Crippen LogP contribution in [0.25, 0.3) is 0 Å². The first-order chi connectivity index (χ1) is 9.79. The summed E-state index contributed by atoms with van der Waals surface area (Å²) in [5.41, 5.74) is 6.93. The molecule has 1 aliphatic heterocycles. The smallest absolute Gasteiger partial charge is 0.138 e. The average molecular weight is 274 g/mol. The molecule has 0 amide bonds. The molecule has 0 aliphatic carbocycles. The second-order valence-corrected chi connectivity index (χ2v) is 5.36. The highest BCUT2D eigenvalue weighted by Crippen LogP contribution is 2.15. The second-order valence-electron chi connectivity index (χ2n) is 5.36. The molecule has 2 nitrogen and oxygen atoms in total. The van der Waals surface area contributed by atoms with E-state index in [1.807, 2.05) is 12.1 Å². The van der Waals surface area contributed by atoms with Crippen molar-refractivity contribution in [2.24, 2.45) is 5.73 Å². The van der Waals surface area contributed by atoms with Crippen LogP contribution in [0, 0.1) is 17.7 Å². The fraction of sp³-hybridized carbons (Fsp3) is 0.529. The lowest BCUT2D eigenvalue weighted by Gasteiger charge is -2.24. The molecule has 1 fully saturated rings. The summed E-state index contributed by atoms with van der Waals surface area (Å²) in [5, 5.41) is 0. The third-order valence-corrected chi connectivity index (χ3v) is 3.71. The maximum absolute atomic E-state index is 13.6.